The van der Waals surface area contributed by atoms with Gasteiger partial charge in [-0.1, -0.05) is 6.92 Å². The van der Waals surface area contributed by atoms with E-state index in [2.05, 4.69) is 0 Å². The van der Waals surface area contributed by atoms with Crippen LogP contribution in [0.25, 0.3) is 0 Å². The number of nitrogens with two attached hydrogens (primary N) is 1. The molecule has 0 spiro atoms. The predicted octanol–water partition coefficient (Wildman–Crippen LogP) is 1.76. The molecular weight excluding hydrogens is 293 g/mol. The summed E-state index contributed by atoms with van der Waals surface area (Å²) < 4.78 is 59.7. The van der Waals surface area contributed by atoms with Crippen molar-refractivity contribution in [3.05, 3.63) is 24.3 Å². The van der Waals surface area contributed by atoms with Crippen LogP contribution in [-0.4, -0.2) is 33.1 Å². The van der Waals surface area contributed by atoms with E-state index in [4.69, 9.17) is 5.73 Å². The van der Waals surface area contributed by atoms with Crippen LogP contribution in [0.15, 0.2) is 29.2 Å². The Balaban J connectivity index is 2.24. The standard InChI is InChI=1S/C12H15F3N2O2S/c1-8-6-17(7-11(8)16)9-2-4-10(5-3-9)20(18,19)12(13,14)15/h2-5,8,11H,6-7,16H2,1H3. The molecular formula is C12H15F3N2O2S. The van der Waals surface area contributed by atoms with E-state index in [0.717, 1.165) is 12.1 Å². The molecule has 4 nitrogen and oxygen atoms in total. The minimum absolute atomic E-state index is 0.00795. The molecule has 2 N–H and O–H groups in total. The molecule has 1 aliphatic rings. The highest BCUT2D eigenvalue weighted by molar-refractivity contribution is 7.92. The van der Waals surface area contributed by atoms with Gasteiger partial charge in [0.1, 0.15) is 0 Å². The summed E-state index contributed by atoms with van der Waals surface area (Å²) in [5, 5.41) is 0. The van der Waals surface area contributed by atoms with Crippen molar-refractivity contribution in [2.24, 2.45) is 11.7 Å². The number of alkyl halides is 3. The van der Waals surface area contributed by atoms with E-state index in [-0.39, 0.29) is 12.0 Å². The van der Waals surface area contributed by atoms with Crippen LogP contribution >= 0.6 is 0 Å². The number of hydrogen-bond acceptors (Lipinski definition) is 4. The highest BCUT2D eigenvalue weighted by Crippen LogP contribution is 2.31. The van der Waals surface area contributed by atoms with Gasteiger partial charge in [-0.05, 0) is 30.2 Å². The molecule has 1 aromatic carbocycles. The Morgan fingerprint density at radius 1 is 1.20 bits per heavy atom. The van der Waals surface area contributed by atoms with Gasteiger partial charge in [0, 0.05) is 24.8 Å². The maximum absolute atomic E-state index is 12.4. The van der Waals surface area contributed by atoms with Crippen LogP contribution in [0.3, 0.4) is 0 Å². The molecule has 0 aromatic heterocycles. The molecule has 0 saturated carbocycles. The molecule has 1 saturated heterocycles. The van der Waals surface area contributed by atoms with Crippen LogP contribution in [0.5, 0.6) is 0 Å². The zero-order chi connectivity index (χ0) is 15.1. The smallest absolute Gasteiger partial charge is 0.370 e. The normalized spacial score (nSPS) is 24.1. The summed E-state index contributed by atoms with van der Waals surface area (Å²) >= 11 is 0. The van der Waals surface area contributed by atoms with Gasteiger partial charge in [0.25, 0.3) is 9.84 Å². The maximum Gasteiger partial charge on any atom is 0.501 e. The average molecular weight is 308 g/mol. The summed E-state index contributed by atoms with van der Waals surface area (Å²) in [6.07, 6.45) is 0. The minimum atomic E-state index is -5.28. The lowest BCUT2D eigenvalue weighted by molar-refractivity contribution is -0.0436. The monoisotopic (exact) mass is 308 g/mol. The van der Waals surface area contributed by atoms with Crippen LogP contribution < -0.4 is 10.6 Å². The fourth-order valence-corrected chi connectivity index (χ4v) is 2.93. The Hall–Kier alpha value is -1.28. The highest BCUT2D eigenvalue weighted by atomic mass is 32.2. The number of rotatable bonds is 2. The van der Waals surface area contributed by atoms with Crippen molar-refractivity contribution in [3.8, 4) is 0 Å². The summed E-state index contributed by atoms with van der Waals surface area (Å²) in [6, 6.07) is 4.72. The lowest BCUT2D eigenvalue weighted by Crippen LogP contribution is -2.28. The Morgan fingerprint density at radius 2 is 1.75 bits per heavy atom. The Kier molecular flexibility index (Phi) is 3.72. The quantitative estimate of drug-likeness (QED) is 0.904. The molecule has 1 fully saturated rings. The molecule has 0 amide bonds. The van der Waals surface area contributed by atoms with Gasteiger partial charge in [-0.15, -0.1) is 0 Å². The van der Waals surface area contributed by atoms with Crippen molar-refractivity contribution in [1.82, 2.24) is 0 Å². The molecule has 0 bridgehead atoms. The van der Waals surface area contributed by atoms with Crippen molar-refractivity contribution in [3.63, 3.8) is 0 Å². The first-order valence-corrected chi connectivity index (χ1v) is 7.53. The Morgan fingerprint density at radius 3 is 2.15 bits per heavy atom. The molecule has 112 valence electrons. The molecule has 2 unspecified atom stereocenters. The summed E-state index contributed by atoms with van der Waals surface area (Å²) in [6.45, 7) is 3.30. The van der Waals surface area contributed by atoms with Gasteiger partial charge in [0.15, 0.2) is 0 Å². The first kappa shape index (κ1) is 15.1. The largest absolute Gasteiger partial charge is 0.501 e. The molecule has 1 heterocycles. The first-order chi connectivity index (χ1) is 9.13. The van der Waals surface area contributed by atoms with E-state index in [1.165, 1.54) is 12.1 Å². The van der Waals surface area contributed by atoms with E-state index in [9.17, 15) is 21.6 Å². The lowest BCUT2D eigenvalue weighted by Gasteiger charge is -2.18. The number of anilines is 1. The second-order valence-electron chi connectivity index (χ2n) is 4.99. The van der Waals surface area contributed by atoms with Crippen LogP contribution in [-0.2, 0) is 9.84 Å². The Bertz CT molecular complexity index is 574. The average Bonchev–Trinajstić information content (AvgIpc) is 2.68. The molecule has 0 aliphatic carbocycles. The van der Waals surface area contributed by atoms with Gasteiger partial charge >= 0.3 is 5.51 Å². The molecule has 2 rings (SSSR count). The zero-order valence-corrected chi connectivity index (χ0v) is 11.6. The van der Waals surface area contributed by atoms with E-state index < -0.39 is 20.2 Å². The molecule has 8 heteroatoms. The van der Waals surface area contributed by atoms with Gasteiger partial charge in [-0.3, -0.25) is 0 Å². The van der Waals surface area contributed by atoms with E-state index in [1.807, 2.05) is 11.8 Å². The SMILES string of the molecule is CC1CN(c2ccc(S(=O)(=O)C(F)(F)F)cc2)CC1N. The predicted molar refractivity (Wildman–Crippen MR) is 69.0 cm³/mol. The van der Waals surface area contributed by atoms with E-state index in [1.54, 1.807) is 0 Å². The molecule has 0 radical (unpaired) electrons. The van der Waals surface area contributed by atoms with Crippen LogP contribution in [0.4, 0.5) is 18.9 Å². The van der Waals surface area contributed by atoms with Crippen molar-refractivity contribution in [1.29, 1.82) is 0 Å². The van der Waals surface area contributed by atoms with Gasteiger partial charge < -0.3 is 10.6 Å². The number of hydrogen-bond donors (Lipinski definition) is 1. The summed E-state index contributed by atoms with van der Waals surface area (Å²) in [7, 11) is -5.28. The van der Waals surface area contributed by atoms with Crippen molar-refractivity contribution < 1.29 is 21.6 Å². The lowest BCUT2D eigenvalue weighted by atomic mass is 10.1. The fraction of sp³-hybridized carbons (Fsp3) is 0.500. The third-order valence-corrected chi connectivity index (χ3v) is 4.99. The number of benzene rings is 1. The van der Waals surface area contributed by atoms with Gasteiger partial charge in [-0.2, -0.15) is 13.2 Å². The molecule has 1 aliphatic heterocycles. The second-order valence-corrected chi connectivity index (χ2v) is 6.93. The molecule has 2 atom stereocenters. The summed E-state index contributed by atoms with van der Waals surface area (Å²) in [5.74, 6) is 0.286. The van der Waals surface area contributed by atoms with E-state index in [0.29, 0.717) is 18.8 Å². The number of sulfone groups is 1. The maximum atomic E-state index is 12.4. The zero-order valence-electron chi connectivity index (χ0n) is 10.8. The van der Waals surface area contributed by atoms with Crippen molar-refractivity contribution >= 4 is 15.5 Å². The van der Waals surface area contributed by atoms with Gasteiger partial charge in [0.05, 0.1) is 4.90 Å². The van der Waals surface area contributed by atoms with Crippen LogP contribution in [0.2, 0.25) is 0 Å². The third-order valence-electron chi connectivity index (χ3n) is 3.49. The summed E-state index contributed by atoms with van der Waals surface area (Å²) in [4.78, 5) is 1.18. The van der Waals surface area contributed by atoms with E-state index >= 15 is 0 Å². The third kappa shape index (κ3) is 2.62. The molecule has 20 heavy (non-hydrogen) atoms. The fourth-order valence-electron chi connectivity index (χ4n) is 2.17. The van der Waals surface area contributed by atoms with Crippen molar-refractivity contribution in [2.75, 3.05) is 18.0 Å². The Labute approximate surface area is 115 Å². The number of nitrogens with zero attached hydrogens (tertiary/aromatic N) is 1. The highest BCUT2D eigenvalue weighted by Gasteiger charge is 2.46. The topological polar surface area (TPSA) is 63.4 Å². The van der Waals surface area contributed by atoms with Gasteiger partial charge in [-0.25, -0.2) is 8.42 Å². The summed E-state index contributed by atoms with van der Waals surface area (Å²) in [5.41, 5.74) is 1.27. The van der Waals surface area contributed by atoms with Crippen LogP contribution in [0.1, 0.15) is 6.92 Å². The minimum Gasteiger partial charge on any atom is -0.370 e. The second kappa shape index (κ2) is 4.92. The van der Waals surface area contributed by atoms with Gasteiger partial charge in [0.2, 0.25) is 0 Å². The number of halogens is 3. The van der Waals surface area contributed by atoms with Crippen LogP contribution in [0, 0.1) is 5.92 Å². The molecule has 1 aromatic rings. The first-order valence-electron chi connectivity index (χ1n) is 6.05. The van der Waals surface area contributed by atoms with Crippen molar-refractivity contribution in [2.45, 2.75) is 23.4 Å².